The van der Waals surface area contributed by atoms with Crippen LogP contribution in [0.2, 0.25) is 0 Å². The Morgan fingerprint density at radius 3 is 1.62 bits per heavy atom. The van der Waals surface area contributed by atoms with Crippen LogP contribution in [0.25, 0.3) is 0 Å². The molecule has 0 bridgehead atoms. The third-order valence-corrected chi connectivity index (χ3v) is 2.83. The Morgan fingerprint density at radius 1 is 1.08 bits per heavy atom. The van der Waals surface area contributed by atoms with Crippen molar-refractivity contribution in [2.24, 2.45) is 4.99 Å². The van der Waals surface area contributed by atoms with Crippen LogP contribution < -0.4 is 0 Å². The molecule has 76 valence electrons. The normalized spacial score (nSPS) is 25.3. The number of halogens is 4. The first-order valence-electron chi connectivity index (χ1n) is 3.91. The number of aliphatic imine (C=N–C) groups is 1. The molecule has 13 heavy (non-hydrogen) atoms. The van der Waals surface area contributed by atoms with Crippen LogP contribution in [0.1, 0.15) is 27.2 Å². The largest absolute Gasteiger partial charge is 0.282 e. The van der Waals surface area contributed by atoms with Crippen LogP contribution >= 0.6 is 46.4 Å². The van der Waals surface area contributed by atoms with Gasteiger partial charge in [-0.25, -0.2) is 0 Å². The summed E-state index contributed by atoms with van der Waals surface area (Å²) in [7, 11) is 0. The molecule has 0 aromatic carbocycles. The first-order chi connectivity index (χ1) is 5.55. The molecule has 0 spiro atoms. The van der Waals surface area contributed by atoms with Crippen LogP contribution in [-0.2, 0) is 0 Å². The topological polar surface area (TPSA) is 12.4 Å². The molecule has 0 unspecified atom stereocenters. The fraction of sp³-hybridized carbons (Fsp3) is 0.875. The zero-order valence-corrected chi connectivity index (χ0v) is 10.7. The summed E-state index contributed by atoms with van der Waals surface area (Å²) in [6.07, 6.45) is 0.321. The fourth-order valence-electron chi connectivity index (χ4n) is 1.11. The second kappa shape index (κ2) is 3.16. The van der Waals surface area contributed by atoms with Crippen LogP contribution in [0, 0.1) is 0 Å². The maximum absolute atomic E-state index is 5.93. The van der Waals surface area contributed by atoms with Crippen molar-refractivity contribution in [3.63, 3.8) is 0 Å². The summed E-state index contributed by atoms with van der Waals surface area (Å²) in [5, 5.41) is 0. The second-order valence-corrected chi connectivity index (χ2v) is 7.18. The van der Waals surface area contributed by atoms with Crippen LogP contribution in [0.5, 0.6) is 0 Å². The summed E-state index contributed by atoms with van der Waals surface area (Å²) in [5.41, 5.74) is 0.193. The summed E-state index contributed by atoms with van der Waals surface area (Å²) in [4.78, 5) is 4.31. The van der Waals surface area contributed by atoms with Gasteiger partial charge in [0.25, 0.3) is 0 Å². The van der Waals surface area contributed by atoms with Crippen molar-refractivity contribution in [1.29, 1.82) is 0 Å². The predicted octanol–water partition coefficient (Wildman–Crippen LogP) is 3.98. The van der Waals surface area contributed by atoms with Crippen molar-refractivity contribution in [3.05, 3.63) is 0 Å². The van der Waals surface area contributed by atoms with Gasteiger partial charge in [0.2, 0.25) is 0 Å². The third kappa shape index (κ3) is 2.65. The molecule has 0 amide bonds. The van der Waals surface area contributed by atoms with Gasteiger partial charge >= 0.3 is 0 Å². The SMILES string of the molecule is CC(C)(C)N=C1C(Cl)(Cl)CC1(Cl)Cl. The smallest absolute Gasteiger partial charge is 0.161 e. The summed E-state index contributed by atoms with van der Waals surface area (Å²) < 4.78 is -1.98. The van der Waals surface area contributed by atoms with E-state index in [0.717, 1.165) is 0 Å². The number of alkyl halides is 4. The molecule has 0 aromatic heterocycles. The lowest BCUT2D eigenvalue weighted by Gasteiger charge is -2.43. The summed E-state index contributed by atoms with van der Waals surface area (Å²) in [5.74, 6) is 0. The van der Waals surface area contributed by atoms with Crippen molar-refractivity contribution in [2.45, 2.75) is 41.4 Å². The van der Waals surface area contributed by atoms with Gasteiger partial charge < -0.3 is 0 Å². The highest BCUT2D eigenvalue weighted by Gasteiger charge is 2.58. The Kier molecular flexibility index (Phi) is 2.89. The summed E-state index contributed by atoms with van der Waals surface area (Å²) in [6, 6.07) is 0. The number of rotatable bonds is 0. The Hall–Kier alpha value is 0.830. The summed E-state index contributed by atoms with van der Waals surface area (Å²) >= 11 is 23.7. The van der Waals surface area contributed by atoms with Gasteiger partial charge in [0.05, 0.1) is 11.3 Å². The lowest BCUT2D eigenvalue weighted by atomic mass is 9.92. The Labute approximate surface area is 98.4 Å². The average Bonchev–Trinajstić information content (AvgIpc) is 1.78. The third-order valence-electron chi connectivity index (χ3n) is 1.58. The Morgan fingerprint density at radius 2 is 1.46 bits per heavy atom. The molecule has 1 aliphatic carbocycles. The van der Waals surface area contributed by atoms with Crippen molar-refractivity contribution < 1.29 is 0 Å². The van der Waals surface area contributed by atoms with E-state index in [2.05, 4.69) is 4.99 Å². The van der Waals surface area contributed by atoms with Crippen LogP contribution in [0.4, 0.5) is 0 Å². The summed E-state index contributed by atoms with van der Waals surface area (Å²) in [6.45, 7) is 5.81. The van der Waals surface area contributed by atoms with Gasteiger partial charge in [-0.2, -0.15) is 0 Å². The zero-order valence-electron chi connectivity index (χ0n) is 7.67. The molecule has 1 aliphatic rings. The van der Waals surface area contributed by atoms with Gasteiger partial charge in [-0.1, -0.05) is 46.4 Å². The molecular weight excluding hydrogens is 252 g/mol. The molecule has 0 aliphatic heterocycles. The molecule has 1 saturated carbocycles. The highest BCUT2D eigenvalue weighted by Crippen LogP contribution is 2.53. The van der Waals surface area contributed by atoms with E-state index < -0.39 is 8.67 Å². The van der Waals surface area contributed by atoms with E-state index in [-0.39, 0.29) is 5.54 Å². The molecule has 1 rings (SSSR count). The molecular formula is C8H11Cl4N. The van der Waals surface area contributed by atoms with Gasteiger partial charge in [0, 0.05) is 6.42 Å². The molecule has 1 nitrogen and oxygen atoms in total. The zero-order chi connectivity index (χ0) is 10.5. The van der Waals surface area contributed by atoms with Crippen molar-refractivity contribution in [1.82, 2.24) is 0 Å². The van der Waals surface area contributed by atoms with E-state index in [1.807, 2.05) is 20.8 Å². The standard InChI is InChI=1S/C8H11Cl4N/c1-6(2,3)13-5-7(9,10)4-8(5,11)12/h4H2,1-3H3. The lowest BCUT2D eigenvalue weighted by molar-refractivity contribution is 0.561. The molecule has 0 aromatic rings. The van der Waals surface area contributed by atoms with Crippen molar-refractivity contribution >= 4 is 52.1 Å². The van der Waals surface area contributed by atoms with Gasteiger partial charge in [0.15, 0.2) is 8.67 Å². The van der Waals surface area contributed by atoms with E-state index in [1.165, 1.54) is 0 Å². The minimum absolute atomic E-state index is 0.264. The van der Waals surface area contributed by atoms with Gasteiger partial charge in [-0.15, -0.1) is 0 Å². The van der Waals surface area contributed by atoms with E-state index in [9.17, 15) is 0 Å². The first-order valence-corrected chi connectivity index (χ1v) is 5.42. The highest BCUT2D eigenvalue weighted by molar-refractivity contribution is 6.74. The minimum Gasteiger partial charge on any atom is -0.282 e. The molecule has 0 atom stereocenters. The minimum atomic E-state index is -0.989. The van der Waals surface area contributed by atoms with Gasteiger partial charge in [0.1, 0.15) is 0 Å². The van der Waals surface area contributed by atoms with E-state index in [1.54, 1.807) is 0 Å². The monoisotopic (exact) mass is 261 g/mol. The quantitative estimate of drug-likeness (QED) is 0.586. The Bertz CT molecular complexity index is 233. The van der Waals surface area contributed by atoms with Gasteiger partial charge in [-0.3, -0.25) is 4.99 Å². The second-order valence-electron chi connectivity index (χ2n) is 4.22. The molecule has 0 heterocycles. The maximum Gasteiger partial charge on any atom is 0.161 e. The van der Waals surface area contributed by atoms with Crippen LogP contribution in [-0.4, -0.2) is 19.9 Å². The molecule has 1 fully saturated rings. The maximum atomic E-state index is 5.93. The van der Waals surface area contributed by atoms with E-state index >= 15 is 0 Å². The fourth-order valence-corrected chi connectivity index (χ4v) is 3.19. The molecule has 0 saturated heterocycles. The van der Waals surface area contributed by atoms with Crippen molar-refractivity contribution in [2.75, 3.05) is 0 Å². The highest BCUT2D eigenvalue weighted by atomic mass is 35.5. The number of nitrogens with zero attached hydrogens (tertiary/aromatic N) is 1. The van der Waals surface area contributed by atoms with Crippen LogP contribution in [0.3, 0.4) is 0 Å². The number of hydrogen-bond donors (Lipinski definition) is 0. The van der Waals surface area contributed by atoms with E-state index in [4.69, 9.17) is 46.4 Å². The molecule has 5 heteroatoms. The van der Waals surface area contributed by atoms with Crippen molar-refractivity contribution in [3.8, 4) is 0 Å². The van der Waals surface area contributed by atoms with Crippen LogP contribution in [0.15, 0.2) is 4.99 Å². The molecule has 0 N–H and O–H groups in total. The number of hydrogen-bond acceptors (Lipinski definition) is 1. The van der Waals surface area contributed by atoms with E-state index in [0.29, 0.717) is 12.1 Å². The first kappa shape index (κ1) is 11.9. The molecule has 0 radical (unpaired) electrons. The average molecular weight is 263 g/mol. The van der Waals surface area contributed by atoms with Gasteiger partial charge in [-0.05, 0) is 20.8 Å². The Balaban J connectivity index is 2.96. The lowest BCUT2D eigenvalue weighted by Crippen LogP contribution is -2.55. The predicted molar refractivity (Wildman–Crippen MR) is 60.7 cm³/mol.